The first-order chi connectivity index (χ1) is 8.56. The first-order valence-electron chi connectivity index (χ1n) is 5.11. The zero-order chi connectivity index (χ0) is 13.1. The third-order valence-corrected chi connectivity index (χ3v) is 2.44. The van der Waals surface area contributed by atoms with Gasteiger partial charge in [0.1, 0.15) is 16.7 Å². The second-order valence-corrected chi connectivity index (χ2v) is 4.03. The number of halogens is 2. The number of aromatic nitrogens is 2. The standard InChI is InChI=1S/C12H9ClFN3O/c1-7-4-8(2-3-9(7)14)16-12(18)10-5-15-6-11(13)17-10/h2-6H,1H3,(H,16,18). The van der Waals surface area contributed by atoms with E-state index < -0.39 is 5.91 Å². The number of aryl methyl sites for hydroxylation is 1. The molecule has 0 unspecified atom stereocenters. The summed E-state index contributed by atoms with van der Waals surface area (Å²) in [5.74, 6) is -0.772. The van der Waals surface area contributed by atoms with Crippen LogP contribution in [-0.2, 0) is 0 Å². The number of nitrogens with one attached hydrogen (secondary N) is 1. The predicted octanol–water partition coefficient (Wildman–Crippen LogP) is 2.83. The van der Waals surface area contributed by atoms with E-state index in [0.29, 0.717) is 11.3 Å². The number of amides is 1. The van der Waals surface area contributed by atoms with Crippen molar-refractivity contribution >= 4 is 23.2 Å². The molecule has 1 aromatic carbocycles. The van der Waals surface area contributed by atoms with Gasteiger partial charge >= 0.3 is 0 Å². The molecule has 6 heteroatoms. The molecule has 0 aliphatic carbocycles. The molecule has 1 amide bonds. The second kappa shape index (κ2) is 5.10. The number of benzene rings is 1. The van der Waals surface area contributed by atoms with E-state index in [4.69, 9.17) is 11.6 Å². The molecule has 0 fully saturated rings. The summed E-state index contributed by atoms with van der Waals surface area (Å²) >= 11 is 5.63. The van der Waals surface area contributed by atoms with E-state index in [-0.39, 0.29) is 16.7 Å². The Kier molecular flexibility index (Phi) is 3.53. The summed E-state index contributed by atoms with van der Waals surface area (Å²) in [5, 5.41) is 2.72. The van der Waals surface area contributed by atoms with Crippen LogP contribution in [-0.4, -0.2) is 15.9 Å². The minimum atomic E-state index is -0.448. The highest BCUT2D eigenvalue weighted by molar-refractivity contribution is 6.29. The smallest absolute Gasteiger partial charge is 0.275 e. The number of carbonyl (C=O) groups excluding carboxylic acids is 1. The molecule has 0 saturated carbocycles. The normalized spacial score (nSPS) is 10.2. The average molecular weight is 266 g/mol. The van der Waals surface area contributed by atoms with Crippen LogP contribution in [0.15, 0.2) is 30.6 Å². The minimum absolute atomic E-state index is 0.101. The Hall–Kier alpha value is -2.01. The van der Waals surface area contributed by atoms with Gasteiger partial charge in [-0.2, -0.15) is 0 Å². The quantitative estimate of drug-likeness (QED) is 0.908. The zero-order valence-corrected chi connectivity index (χ0v) is 10.2. The van der Waals surface area contributed by atoms with Crippen molar-refractivity contribution in [3.63, 3.8) is 0 Å². The summed E-state index contributed by atoms with van der Waals surface area (Å²) in [7, 11) is 0. The van der Waals surface area contributed by atoms with Crippen LogP contribution in [0.4, 0.5) is 10.1 Å². The largest absolute Gasteiger partial charge is 0.321 e. The molecule has 0 spiro atoms. The second-order valence-electron chi connectivity index (χ2n) is 3.65. The minimum Gasteiger partial charge on any atom is -0.321 e. The van der Waals surface area contributed by atoms with Crippen LogP contribution in [0.5, 0.6) is 0 Å². The lowest BCUT2D eigenvalue weighted by Gasteiger charge is -2.05. The molecule has 18 heavy (non-hydrogen) atoms. The lowest BCUT2D eigenvalue weighted by molar-refractivity contribution is 0.102. The maximum Gasteiger partial charge on any atom is 0.275 e. The number of hydrogen-bond donors (Lipinski definition) is 1. The van der Waals surface area contributed by atoms with E-state index in [1.54, 1.807) is 6.92 Å². The number of hydrogen-bond acceptors (Lipinski definition) is 3. The van der Waals surface area contributed by atoms with Gasteiger partial charge in [-0.05, 0) is 30.7 Å². The van der Waals surface area contributed by atoms with Crippen molar-refractivity contribution < 1.29 is 9.18 Å². The highest BCUT2D eigenvalue weighted by Gasteiger charge is 2.09. The molecule has 2 aromatic rings. The van der Waals surface area contributed by atoms with Gasteiger partial charge in [0.2, 0.25) is 0 Å². The number of anilines is 1. The molecule has 2 rings (SSSR count). The molecule has 0 bridgehead atoms. The summed E-state index contributed by atoms with van der Waals surface area (Å²) in [6.07, 6.45) is 2.64. The fraction of sp³-hybridized carbons (Fsp3) is 0.0833. The van der Waals surface area contributed by atoms with Crippen LogP contribution in [0, 0.1) is 12.7 Å². The molecule has 0 radical (unpaired) electrons. The van der Waals surface area contributed by atoms with Crippen LogP contribution in [0.2, 0.25) is 5.15 Å². The molecule has 0 aliphatic heterocycles. The Morgan fingerprint density at radius 3 is 2.83 bits per heavy atom. The Balaban J connectivity index is 2.18. The first kappa shape index (κ1) is 12.4. The molecule has 0 saturated heterocycles. The number of rotatable bonds is 2. The molecule has 1 aromatic heterocycles. The fourth-order valence-electron chi connectivity index (χ4n) is 1.37. The maximum atomic E-state index is 13.1. The van der Waals surface area contributed by atoms with E-state index >= 15 is 0 Å². The Morgan fingerprint density at radius 2 is 2.17 bits per heavy atom. The third kappa shape index (κ3) is 2.81. The van der Waals surface area contributed by atoms with Gasteiger partial charge in [-0.15, -0.1) is 0 Å². The first-order valence-corrected chi connectivity index (χ1v) is 5.49. The van der Waals surface area contributed by atoms with Crippen LogP contribution in [0.1, 0.15) is 16.1 Å². The molecule has 1 N–H and O–H groups in total. The molecule has 92 valence electrons. The van der Waals surface area contributed by atoms with Gasteiger partial charge in [0.25, 0.3) is 5.91 Å². The third-order valence-electron chi connectivity index (χ3n) is 2.25. The van der Waals surface area contributed by atoms with Crippen molar-refractivity contribution in [3.05, 3.63) is 52.8 Å². The SMILES string of the molecule is Cc1cc(NC(=O)c2cncc(Cl)n2)ccc1F. The molecule has 0 atom stereocenters. The molecule has 0 aliphatic rings. The van der Waals surface area contributed by atoms with Gasteiger partial charge in [0.05, 0.1) is 12.4 Å². The van der Waals surface area contributed by atoms with E-state index in [2.05, 4.69) is 15.3 Å². The topological polar surface area (TPSA) is 54.9 Å². The fourth-order valence-corrected chi connectivity index (χ4v) is 1.52. The van der Waals surface area contributed by atoms with Crippen molar-refractivity contribution in [2.24, 2.45) is 0 Å². The molecular formula is C12H9ClFN3O. The van der Waals surface area contributed by atoms with Gasteiger partial charge in [-0.1, -0.05) is 11.6 Å². The van der Waals surface area contributed by atoms with Gasteiger partial charge in [-0.25, -0.2) is 9.37 Å². The van der Waals surface area contributed by atoms with Crippen LogP contribution in [0.25, 0.3) is 0 Å². The lowest BCUT2D eigenvalue weighted by Crippen LogP contribution is -2.14. The summed E-state index contributed by atoms with van der Waals surface area (Å²) in [5.41, 5.74) is 1.04. The zero-order valence-electron chi connectivity index (χ0n) is 9.45. The summed E-state index contributed by atoms with van der Waals surface area (Å²) in [6.45, 7) is 1.62. The van der Waals surface area contributed by atoms with E-state index in [1.165, 1.54) is 30.6 Å². The predicted molar refractivity (Wildman–Crippen MR) is 66.1 cm³/mol. The summed E-state index contributed by atoms with van der Waals surface area (Å²) in [6, 6.07) is 4.29. The Bertz CT molecular complexity index is 604. The van der Waals surface area contributed by atoms with Gasteiger partial charge in [-0.3, -0.25) is 9.78 Å². The summed E-state index contributed by atoms with van der Waals surface area (Å²) < 4.78 is 13.1. The summed E-state index contributed by atoms with van der Waals surface area (Å²) in [4.78, 5) is 19.4. The molecular weight excluding hydrogens is 257 g/mol. The van der Waals surface area contributed by atoms with Crippen molar-refractivity contribution in [1.82, 2.24) is 9.97 Å². The lowest BCUT2D eigenvalue weighted by atomic mass is 10.2. The van der Waals surface area contributed by atoms with Crippen LogP contribution >= 0.6 is 11.6 Å². The van der Waals surface area contributed by atoms with E-state index in [9.17, 15) is 9.18 Å². The van der Waals surface area contributed by atoms with Crippen molar-refractivity contribution in [1.29, 1.82) is 0 Å². The monoisotopic (exact) mass is 265 g/mol. The molecule has 1 heterocycles. The Labute approximate surface area is 108 Å². The van der Waals surface area contributed by atoms with Crippen molar-refractivity contribution in [2.45, 2.75) is 6.92 Å². The van der Waals surface area contributed by atoms with Gasteiger partial charge in [0.15, 0.2) is 0 Å². The number of nitrogens with zero attached hydrogens (tertiary/aromatic N) is 2. The maximum absolute atomic E-state index is 13.1. The van der Waals surface area contributed by atoms with Crippen molar-refractivity contribution in [2.75, 3.05) is 5.32 Å². The van der Waals surface area contributed by atoms with Gasteiger partial charge < -0.3 is 5.32 Å². The Morgan fingerprint density at radius 1 is 1.39 bits per heavy atom. The average Bonchev–Trinajstić information content (AvgIpc) is 2.34. The van der Waals surface area contributed by atoms with Crippen molar-refractivity contribution in [3.8, 4) is 0 Å². The van der Waals surface area contributed by atoms with E-state index in [0.717, 1.165) is 0 Å². The van der Waals surface area contributed by atoms with Gasteiger partial charge in [0, 0.05) is 5.69 Å². The number of carbonyl (C=O) groups is 1. The highest BCUT2D eigenvalue weighted by Crippen LogP contribution is 2.14. The van der Waals surface area contributed by atoms with Crippen LogP contribution in [0.3, 0.4) is 0 Å². The molecule has 4 nitrogen and oxygen atoms in total. The van der Waals surface area contributed by atoms with E-state index in [1.807, 2.05) is 0 Å². The highest BCUT2D eigenvalue weighted by atomic mass is 35.5. The van der Waals surface area contributed by atoms with Crippen LogP contribution < -0.4 is 5.32 Å².